The molecule has 1 fully saturated rings. The van der Waals surface area contributed by atoms with Crippen molar-refractivity contribution in [1.29, 1.82) is 0 Å². The molecular formula is C25H25ClN2O4. The Hall–Kier alpha value is -3.25. The Bertz CT molecular complexity index is 1130. The van der Waals surface area contributed by atoms with Gasteiger partial charge in [-0.15, -0.1) is 0 Å². The lowest BCUT2D eigenvalue weighted by Gasteiger charge is -2.34. The molecule has 0 aliphatic carbocycles. The number of furan rings is 1. The van der Waals surface area contributed by atoms with Crippen molar-refractivity contribution in [3.8, 4) is 5.75 Å². The van der Waals surface area contributed by atoms with Crippen molar-refractivity contribution in [3.05, 3.63) is 87.8 Å². The van der Waals surface area contributed by atoms with Gasteiger partial charge in [0.2, 0.25) is 0 Å². The van der Waals surface area contributed by atoms with E-state index >= 15 is 0 Å². The van der Waals surface area contributed by atoms with Gasteiger partial charge >= 0.3 is 0 Å². The molecule has 0 bridgehead atoms. The lowest BCUT2D eigenvalue weighted by molar-refractivity contribution is 0.0516. The van der Waals surface area contributed by atoms with E-state index in [1.807, 2.05) is 26.0 Å². The molecule has 0 atom stereocenters. The van der Waals surface area contributed by atoms with Crippen molar-refractivity contribution in [1.82, 2.24) is 9.80 Å². The predicted octanol–water partition coefficient (Wildman–Crippen LogP) is 4.73. The second kappa shape index (κ2) is 9.49. The number of ether oxygens (including phenoxy) is 1. The van der Waals surface area contributed by atoms with Gasteiger partial charge in [0.1, 0.15) is 18.1 Å². The molecule has 1 aromatic heterocycles. The van der Waals surface area contributed by atoms with Gasteiger partial charge in [0.25, 0.3) is 11.8 Å². The summed E-state index contributed by atoms with van der Waals surface area (Å²) >= 11 is 5.99. The molecule has 2 heterocycles. The number of aryl methyl sites for hydroxylation is 2. The molecule has 1 aliphatic heterocycles. The Morgan fingerprint density at radius 1 is 0.938 bits per heavy atom. The van der Waals surface area contributed by atoms with Crippen molar-refractivity contribution in [2.75, 3.05) is 26.2 Å². The molecule has 0 radical (unpaired) electrons. The van der Waals surface area contributed by atoms with E-state index in [4.69, 9.17) is 20.8 Å². The van der Waals surface area contributed by atoms with Gasteiger partial charge in [-0.1, -0.05) is 35.4 Å². The number of piperazine rings is 1. The highest BCUT2D eigenvalue weighted by molar-refractivity contribution is 6.30. The second-order valence-electron chi connectivity index (χ2n) is 7.92. The lowest BCUT2D eigenvalue weighted by Crippen LogP contribution is -2.50. The minimum atomic E-state index is -0.183. The molecule has 2 amide bonds. The van der Waals surface area contributed by atoms with Crippen LogP contribution in [-0.2, 0) is 6.61 Å². The number of benzene rings is 2. The Morgan fingerprint density at radius 2 is 1.66 bits per heavy atom. The molecule has 4 rings (SSSR count). The van der Waals surface area contributed by atoms with Crippen LogP contribution in [0.15, 0.2) is 59.0 Å². The van der Waals surface area contributed by atoms with E-state index in [0.717, 1.165) is 11.3 Å². The molecular weight excluding hydrogens is 428 g/mol. The van der Waals surface area contributed by atoms with Crippen molar-refractivity contribution in [2.24, 2.45) is 0 Å². The summed E-state index contributed by atoms with van der Waals surface area (Å²) in [5.74, 6) is 1.39. The van der Waals surface area contributed by atoms with Crippen LogP contribution in [-0.4, -0.2) is 47.8 Å². The summed E-state index contributed by atoms with van der Waals surface area (Å²) < 4.78 is 11.6. The van der Waals surface area contributed by atoms with Gasteiger partial charge < -0.3 is 19.0 Å². The number of nitrogens with zero attached hydrogens (tertiary/aromatic N) is 2. The van der Waals surface area contributed by atoms with E-state index in [2.05, 4.69) is 6.07 Å². The number of carbonyl (C=O) groups excluding carboxylic acids is 2. The summed E-state index contributed by atoms with van der Waals surface area (Å²) in [5, 5.41) is 0.528. The molecule has 0 spiro atoms. The van der Waals surface area contributed by atoms with Crippen LogP contribution in [0.2, 0.25) is 5.02 Å². The first kappa shape index (κ1) is 22.0. The molecule has 1 saturated heterocycles. The van der Waals surface area contributed by atoms with Gasteiger partial charge in [-0.2, -0.15) is 0 Å². The topological polar surface area (TPSA) is 63.0 Å². The Balaban J connectivity index is 1.32. The monoisotopic (exact) mass is 452 g/mol. The molecule has 0 N–H and O–H groups in total. The maximum Gasteiger partial charge on any atom is 0.289 e. The van der Waals surface area contributed by atoms with Crippen molar-refractivity contribution < 1.29 is 18.7 Å². The molecule has 2 aromatic carbocycles. The van der Waals surface area contributed by atoms with E-state index in [-0.39, 0.29) is 24.2 Å². The summed E-state index contributed by atoms with van der Waals surface area (Å²) in [7, 11) is 0. The van der Waals surface area contributed by atoms with Crippen molar-refractivity contribution >= 4 is 23.4 Å². The first-order valence-corrected chi connectivity index (χ1v) is 10.9. The molecule has 6 nitrogen and oxygen atoms in total. The average Bonchev–Trinajstić information content (AvgIpc) is 3.27. The van der Waals surface area contributed by atoms with Gasteiger partial charge in [0.05, 0.1) is 0 Å². The summed E-state index contributed by atoms with van der Waals surface area (Å²) in [6.07, 6.45) is 0. The SMILES string of the molecule is Cc1ccc(OCc2ccc(C(=O)N3CCN(C(=O)c4cccc(Cl)c4)CC3)o2)c(C)c1. The van der Waals surface area contributed by atoms with Gasteiger partial charge in [-0.05, 0) is 55.8 Å². The third-order valence-electron chi connectivity index (χ3n) is 5.50. The molecule has 7 heteroatoms. The fraction of sp³-hybridized carbons (Fsp3) is 0.280. The van der Waals surface area contributed by atoms with E-state index in [1.165, 1.54) is 5.56 Å². The number of hydrogen-bond donors (Lipinski definition) is 0. The fourth-order valence-electron chi connectivity index (χ4n) is 3.75. The van der Waals surface area contributed by atoms with E-state index in [1.54, 1.807) is 46.2 Å². The Labute approximate surface area is 192 Å². The number of carbonyl (C=O) groups is 2. The van der Waals surface area contributed by atoms with Crippen molar-refractivity contribution in [3.63, 3.8) is 0 Å². The quantitative estimate of drug-likeness (QED) is 0.561. The number of amides is 2. The fourth-order valence-corrected chi connectivity index (χ4v) is 3.94. The maximum atomic E-state index is 12.8. The van der Waals surface area contributed by atoms with Crippen LogP contribution in [0.1, 0.15) is 37.8 Å². The third kappa shape index (κ3) is 4.97. The van der Waals surface area contributed by atoms with Gasteiger partial charge in [-0.3, -0.25) is 9.59 Å². The first-order chi connectivity index (χ1) is 15.4. The molecule has 1 aliphatic rings. The summed E-state index contributed by atoms with van der Waals surface area (Å²) in [5.41, 5.74) is 2.78. The van der Waals surface area contributed by atoms with E-state index < -0.39 is 0 Å². The van der Waals surface area contributed by atoms with Crippen LogP contribution in [0, 0.1) is 13.8 Å². The second-order valence-corrected chi connectivity index (χ2v) is 8.35. The zero-order valence-corrected chi connectivity index (χ0v) is 18.9. The average molecular weight is 453 g/mol. The molecule has 0 saturated carbocycles. The molecule has 3 aromatic rings. The van der Waals surface area contributed by atoms with Crippen molar-refractivity contribution in [2.45, 2.75) is 20.5 Å². The lowest BCUT2D eigenvalue weighted by atomic mass is 10.1. The third-order valence-corrected chi connectivity index (χ3v) is 5.73. The largest absolute Gasteiger partial charge is 0.485 e. The van der Waals surface area contributed by atoms with Crippen LogP contribution in [0.5, 0.6) is 5.75 Å². The van der Waals surface area contributed by atoms with Crippen LogP contribution >= 0.6 is 11.6 Å². The van der Waals surface area contributed by atoms with Crippen LogP contribution in [0.25, 0.3) is 0 Å². The minimum Gasteiger partial charge on any atom is -0.485 e. The summed E-state index contributed by atoms with van der Waals surface area (Å²) in [6.45, 7) is 6.09. The number of rotatable bonds is 5. The van der Waals surface area contributed by atoms with Gasteiger partial charge in [-0.25, -0.2) is 0 Å². The minimum absolute atomic E-state index is 0.0802. The van der Waals surface area contributed by atoms with Crippen LogP contribution in [0.4, 0.5) is 0 Å². The van der Waals surface area contributed by atoms with E-state index in [9.17, 15) is 9.59 Å². The number of halogens is 1. The normalized spacial score (nSPS) is 13.8. The standard InChI is InChI=1S/C25H25ClN2O4/c1-17-6-8-22(18(2)14-17)31-16-21-7-9-23(32-21)25(30)28-12-10-27(11-13-28)24(29)19-4-3-5-20(26)15-19/h3-9,14-15H,10-13,16H2,1-2H3. The molecule has 166 valence electrons. The van der Waals surface area contributed by atoms with E-state index in [0.29, 0.717) is 42.5 Å². The van der Waals surface area contributed by atoms with Gasteiger partial charge in [0, 0.05) is 36.8 Å². The highest BCUT2D eigenvalue weighted by atomic mass is 35.5. The zero-order chi connectivity index (χ0) is 22.7. The Kier molecular flexibility index (Phi) is 6.51. The molecule has 0 unspecified atom stereocenters. The smallest absolute Gasteiger partial charge is 0.289 e. The number of hydrogen-bond acceptors (Lipinski definition) is 4. The Morgan fingerprint density at radius 3 is 2.34 bits per heavy atom. The highest BCUT2D eigenvalue weighted by Crippen LogP contribution is 2.21. The predicted molar refractivity (Wildman–Crippen MR) is 122 cm³/mol. The summed E-state index contributed by atoms with van der Waals surface area (Å²) in [4.78, 5) is 28.9. The first-order valence-electron chi connectivity index (χ1n) is 10.5. The van der Waals surface area contributed by atoms with Crippen LogP contribution < -0.4 is 4.74 Å². The molecule has 32 heavy (non-hydrogen) atoms. The zero-order valence-electron chi connectivity index (χ0n) is 18.1. The summed E-state index contributed by atoms with van der Waals surface area (Å²) in [6, 6.07) is 16.3. The maximum absolute atomic E-state index is 12.8. The van der Waals surface area contributed by atoms with Crippen LogP contribution in [0.3, 0.4) is 0 Å². The highest BCUT2D eigenvalue weighted by Gasteiger charge is 2.27. The van der Waals surface area contributed by atoms with Gasteiger partial charge in [0.15, 0.2) is 5.76 Å².